The van der Waals surface area contributed by atoms with Gasteiger partial charge in [0.1, 0.15) is 11.2 Å². The fraction of sp³-hybridized carbons (Fsp3) is 0.0556. The maximum atomic E-state index is 6.21. The molecule has 0 saturated carbocycles. The molecule has 11 rings (SSSR count). The molecule has 0 radical (unpaired) electrons. The number of furan rings is 1. The summed E-state index contributed by atoms with van der Waals surface area (Å²) >= 11 is 0. The average molecular weight is 744 g/mol. The molecule has 2 heterocycles. The number of nitrogens with zero attached hydrogens (tertiary/aromatic N) is 3. The van der Waals surface area contributed by atoms with Gasteiger partial charge in [0.2, 0.25) is 0 Å². The van der Waals surface area contributed by atoms with Crippen molar-refractivity contribution in [3.8, 4) is 78.7 Å². The lowest BCUT2D eigenvalue weighted by Gasteiger charge is -2.22. The number of para-hydroxylation sites is 1. The number of fused-ring (bicyclic) bond motifs is 6. The van der Waals surface area contributed by atoms with Crippen LogP contribution in [-0.2, 0) is 5.41 Å². The molecule has 4 heteroatoms. The van der Waals surface area contributed by atoms with Crippen LogP contribution in [0, 0.1) is 0 Å². The van der Waals surface area contributed by atoms with E-state index in [2.05, 4.69) is 153 Å². The van der Waals surface area contributed by atoms with Gasteiger partial charge in [0.15, 0.2) is 17.5 Å². The summed E-state index contributed by atoms with van der Waals surface area (Å²) in [4.78, 5) is 15.9. The van der Waals surface area contributed by atoms with E-state index in [0.717, 1.165) is 72.0 Å². The van der Waals surface area contributed by atoms with E-state index in [0.29, 0.717) is 17.5 Å². The first-order valence-corrected chi connectivity index (χ1v) is 19.8. The van der Waals surface area contributed by atoms with Crippen LogP contribution in [0.25, 0.3) is 101 Å². The van der Waals surface area contributed by atoms with Crippen LogP contribution in [0.15, 0.2) is 192 Å². The largest absolute Gasteiger partial charge is 0.456 e. The molecule has 8 aromatic carbocycles. The van der Waals surface area contributed by atoms with E-state index in [1.54, 1.807) is 0 Å². The van der Waals surface area contributed by atoms with E-state index in [9.17, 15) is 0 Å². The van der Waals surface area contributed by atoms with Crippen molar-refractivity contribution in [2.24, 2.45) is 0 Å². The molecule has 0 atom stereocenters. The zero-order valence-electron chi connectivity index (χ0n) is 32.1. The minimum absolute atomic E-state index is 0.0926. The number of rotatable bonds is 6. The van der Waals surface area contributed by atoms with Crippen molar-refractivity contribution in [1.29, 1.82) is 0 Å². The van der Waals surface area contributed by atoms with Crippen molar-refractivity contribution < 1.29 is 4.42 Å². The lowest BCUT2D eigenvalue weighted by atomic mass is 9.81. The van der Waals surface area contributed by atoms with Gasteiger partial charge in [-0.15, -0.1) is 0 Å². The standard InChI is InChI=1S/C54H37N3O/c1-54(2)46-24-14-12-22-40(46)43-30-37(26-28-47(43)54)42-32-39(34-16-6-3-7-17-34)33-45(50(42)35-18-8-4-9-19-35)53-56-51(36-20-10-5-11-21-36)55-52(57-53)38-27-29-49-44(31-38)41-23-13-15-25-48(41)58-49/h3-33H,1-2H3. The highest BCUT2D eigenvalue weighted by molar-refractivity contribution is 6.06. The van der Waals surface area contributed by atoms with E-state index in [-0.39, 0.29) is 5.41 Å². The van der Waals surface area contributed by atoms with Crippen molar-refractivity contribution in [1.82, 2.24) is 15.0 Å². The van der Waals surface area contributed by atoms with Gasteiger partial charge >= 0.3 is 0 Å². The number of hydrogen-bond donors (Lipinski definition) is 0. The van der Waals surface area contributed by atoms with Gasteiger partial charge in [-0.3, -0.25) is 0 Å². The molecule has 0 amide bonds. The second-order valence-electron chi connectivity index (χ2n) is 15.6. The predicted octanol–water partition coefficient (Wildman–Crippen LogP) is 14.1. The Morgan fingerprint density at radius 2 is 0.897 bits per heavy atom. The highest BCUT2D eigenvalue weighted by Crippen LogP contribution is 2.51. The predicted molar refractivity (Wildman–Crippen MR) is 237 cm³/mol. The zero-order chi connectivity index (χ0) is 38.8. The Balaban J connectivity index is 1.21. The molecule has 0 fully saturated rings. The van der Waals surface area contributed by atoms with Gasteiger partial charge in [0.05, 0.1) is 0 Å². The van der Waals surface area contributed by atoms with Crippen LogP contribution in [0.1, 0.15) is 25.0 Å². The van der Waals surface area contributed by atoms with E-state index in [1.807, 2.05) is 48.5 Å². The summed E-state index contributed by atoms with van der Waals surface area (Å²) in [5, 5.41) is 2.08. The monoisotopic (exact) mass is 743 g/mol. The Labute approximate surface area is 337 Å². The maximum Gasteiger partial charge on any atom is 0.164 e. The van der Waals surface area contributed by atoms with Gasteiger partial charge in [0.25, 0.3) is 0 Å². The fourth-order valence-corrected chi connectivity index (χ4v) is 8.85. The van der Waals surface area contributed by atoms with Gasteiger partial charge in [-0.05, 0) is 92.5 Å². The highest BCUT2D eigenvalue weighted by Gasteiger charge is 2.35. The van der Waals surface area contributed by atoms with Crippen LogP contribution < -0.4 is 0 Å². The Kier molecular flexibility index (Phi) is 7.80. The number of aromatic nitrogens is 3. The normalized spacial score (nSPS) is 12.8. The van der Waals surface area contributed by atoms with E-state index in [4.69, 9.17) is 19.4 Å². The van der Waals surface area contributed by atoms with Gasteiger partial charge < -0.3 is 4.42 Å². The van der Waals surface area contributed by atoms with Crippen LogP contribution in [0.2, 0.25) is 0 Å². The smallest absolute Gasteiger partial charge is 0.164 e. The minimum atomic E-state index is -0.0926. The van der Waals surface area contributed by atoms with Crippen molar-refractivity contribution in [2.45, 2.75) is 19.3 Å². The van der Waals surface area contributed by atoms with E-state index < -0.39 is 0 Å². The Hall–Kier alpha value is -7.43. The first-order chi connectivity index (χ1) is 28.5. The second kappa shape index (κ2) is 13.4. The van der Waals surface area contributed by atoms with Crippen LogP contribution in [0.4, 0.5) is 0 Å². The topological polar surface area (TPSA) is 51.8 Å². The molecule has 0 unspecified atom stereocenters. The third-order valence-corrected chi connectivity index (χ3v) is 11.7. The molecule has 0 spiro atoms. The summed E-state index contributed by atoms with van der Waals surface area (Å²) < 4.78 is 6.21. The van der Waals surface area contributed by atoms with Crippen molar-refractivity contribution in [2.75, 3.05) is 0 Å². The number of benzene rings is 8. The summed E-state index contributed by atoms with van der Waals surface area (Å²) in [6.45, 7) is 4.66. The first-order valence-electron chi connectivity index (χ1n) is 19.8. The molecule has 1 aliphatic rings. The second-order valence-corrected chi connectivity index (χ2v) is 15.6. The van der Waals surface area contributed by atoms with Crippen LogP contribution in [-0.4, -0.2) is 15.0 Å². The molecule has 10 aromatic rings. The quantitative estimate of drug-likeness (QED) is 0.170. The molecular formula is C54H37N3O. The molecular weight excluding hydrogens is 707 g/mol. The SMILES string of the molecule is CC1(C)c2ccccc2-c2cc(-c3cc(-c4ccccc4)cc(-c4nc(-c5ccccc5)nc(-c5ccc6oc7ccccc7c6c5)n4)c3-c3ccccc3)ccc21. The van der Waals surface area contributed by atoms with Crippen molar-refractivity contribution in [3.63, 3.8) is 0 Å². The molecule has 4 nitrogen and oxygen atoms in total. The maximum absolute atomic E-state index is 6.21. The summed E-state index contributed by atoms with van der Waals surface area (Å²) in [6, 6.07) is 66.3. The summed E-state index contributed by atoms with van der Waals surface area (Å²) in [5.41, 5.74) is 16.2. The van der Waals surface area contributed by atoms with Crippen LogP contribution in [0.5, 0.6) is 0 Å². The third-order valence-electron chi connectivity index (χ3n) is 11.7. The van der Waals surface area contributed by atoms with Crippen LogP contribution >= 0.6 is 0 Å². The molecule has 0 saturated heterocycles. The molecule has 1 aliphatic carbocycles. The summed E-state index contributed by atoms with van der Waals surface area (Å²) in [5.74, 6) is 1.81. The molecule has 0 aliphatic heterocycles. The van der Waals surface area contributed by atoms with E-state index in [1.165, 1.54) is 22.3 Å². The Bertz CT molecular complexity index is 3180. The van der Waals surface area contributed by atoms with Gasteiger partial charge in [-0.1, -0.05) is 159 Å². The average Bonchev–Trinajstić information content (AvgIpc) is 3.77. The zero-order valence-corrected chi connectivity index (χ0v) is 32.1. The van der Waals surface area contributed by atoms with Crippen LogP contribution in [0.3, 0.4) is 0 Å². The summed E-state index contributed by atoms with van der Waals surface area (Å²) in [7, 11) is 0. The molecule has 58 heavy (non-hydrogen) atoms. The lowest BCUT2D eigenvalue weighted by molar-refractivity contribution is 0.660. The van der Waals surface area contributed by atoms with Gasteiger partial charge in [0, 0.05) is 38.4 Å². The lowest BCUT2D eigenvalue weighted by Crippen LogP contribution is -2.14. The number of hydrogen-bond acceptors (Lipinski definition) is 4. The fourth-order valence-electron chi connectivity index (χ4n) is 8.85. The molecule has 0 bridgehead atoms. The van der Waals surface area contributed by atoms with E-state index >= 15 is 0 Å². The Morgan fingerprint density at radius 3 is 1.67 bits per heavy atom. The molecule has 2 aromatic heterocycles. The van der Waals surface area contributed by atoms with Gasteiger partial charge in [-0.2, -0.15) is 0 Å². The van der Waals surface area contributed by atoms with Crippen molar-refractivity contribution >= 4 is 21.9 Å². The highest BCUT2D eigenvalue weighted by atomic mass is 16.3. The summed E-state index contributed by atoms with van der Waals surface area (Å²) in [6.07, 6.45) is 0. The van der Waals surface area contributed by atoms with Gasteiger partial charge in [-0.25, -0.2) is 15.0 Å². The Morgan fingerprint density at radius 1 is 0.345 bits per heavy atom. The van der Waals surface area contributed by atoms with Crippen molar-refractivity contribution in [3.05, 3.63) is 199 Å². The molecule has 0 N–H and O–H groups in total. The first kappa shape index (κ1) is 33.9. The molecule has 274 valence electrons. The minimum Gasteiger partial charge on any atom is -0.456 e. The third kappa shape index (κ3) is 5.56.